The summed E-state index contributed by atoms with van der Waals surface area (Å²) in [6.07, 6.45) is 1.55. The van der Waals surface area contributed by atoms with E-state index in [-0.39, 0.29) is 5.91 Å². The second-order valence-corrected chi connectivity index (χ2v) is 6.49. The van der Waals surface area contributed by atoms with Gasteiger partial charge in [-0.25, -0.2) is 0 Å². The number of rotatable bonds is 4. The molecule has 0 aromatic heterocycles. The van der Waals surface area contributed by atoms with Gasteiger partial charge in [-0.3, -0.25) is 9.69 Å². The van der Waals surface area contributed by atoms with Crippen molar-refractivity contribution in [3.63, 3.8) is 0 Å². The van der Waals surface area contributed by atoms with Gasteiger partial charge in [0, 0.05) is 36.8 Å². The minimum Gasteiger partial charge on any atom is -0.326 e. The van der Waals surface area contributed by atoms with Gasteiger partial charge in [0.25, 0.3) is 0 Å². The number of halogens is 1. The van der Waals surface area contributed by atoms with Gasteiger partial charge in [-0.15, -0.1) is 0 Å². The predicted molar refractivity (Wildman–Crippen MR) is 94.9 cm³/mol. The van der Waals surface area contributed by atoms with Gasteiger partial charge < -0.3 is 5.32 Å². The van der Waals surface area contributed by atoms with E-state index in [0.29, 0.717) is 11.4 Å². The van der Waals surface area contributed by atoms with Crippen molar-refractivity contribution in [2.75, 3.05) is 18.4 Å². The average Bonchev–Trinajstić information content (AvgIpc) is 2.56. The van der Waals surface area contributed by atoms with Crippen LogP contribution in [0.1, 0.15) is 23.1 Å². The Kier molecular flexibility index (Phi) is 4.99. The molecule has 0 saturated carbocycles. The maximum atomic E-state index is 12.2. The van der Waals surface area contributed by atoms with E-state index >= 15 is 0 Å². The van der Waals surface area contributed by atoms with E-state index in [9.17, 15) is 4.79 Å². The molecule has 120 valence electrons. The van der Waals surface area contributed by atoms with Crippen molar-refractivity contribution in [1.82, 2.24) is 4.90 Å². The minimum absolute atomic E-state index is 0.0363. The van der Waals surface area contributed by atoms with Crippen molar-refractivity contribution in [2.24, 2.45) is 0 Å². The first-order chi connectivity index (χ1) is 11.1. The van der Waals surface area contributed by atoms with E-state index < -0.39 is 0 Å². The third-order valence-electron chi connectivity index (χ3n) is 4.34. The van der Waals surface area contributed by atoms with Crippen LogP contribution in [-0.4, -0.2) is 23.9 Å². The van der Waals surface area contributed by atoms with Crippen LogP contribution in [0, 0.1) is 6.92 Å². The highest BCUT2D eigenvalue weighted by molar-refractivity contribution is 6.31. The number of amides is 1. The summed E-state index contributed by atoms with van der Waals surface area (Å²) < 4.78 is 0. The molecule has 1 heterocycles. The zero-order valence-electron chi connectivity index (χ0n) is 13.3. The van der Waals surface area contributed by atoms with Crippen LogP contribution >= 0.6 is 11.6 Å². The van der Waals surface area contributed by atoms with Gasteiger partial charge in [-0.1, -0.05) is 41.9 Å². The molecule has 0 saturated heterocycles. The van der Waals surface area contributed by atoms with Gasteiger partial charge in [0.2, 0.25) is 5.91 Å². The molecule has 23 heavy (non-hydrogen) atoms. The molecule has 0 spiro atoms. The van der Waals surface area contributed by atoms with Crippen molar-refractivity contribution in [2.45, 2.75) is 26.3 Å². The average molecular weight is 329 g/mol. The summed E-state index contributed by atoms with van der Waals surface area (Å²) in [7, 11) is 0. The third kappa shape index (κ3) is 4.12. The fraction of sp³-hybridized carbons (Fsp3) is 0.316. The molecule has 0 atom stereocenters. The molecule has 1 aliphatic heterocycles. The highest BCUT2D eigenvalue weighted by Crippen LogP contribution is 2.21. The van der Waals surface area contributed by atoms with E-state index in [1.807, 2.05) is 19.1 Å². The molecular weight excluding hydrogens is 308 g/mol. The fourth-order valence-electron chi connectivity index (χ4n) is 2.95. The van der Waals surface area contributed by atoms with Crippen LogP contribution in [-0.2, 0) is 17.8 Å². The lowest BCUT2D eigenvalue weighted by Gasteiger charge is -2.28. The summed E-state index contributed by atoms with van der Waals surface area (Å²) >= 11 is 5.99. The van der Waals surface area contributed by atoms with Gasteiger partial charge in [0.15, 0.2) is 0 Å². The summed E-state index contributed by atoms with van der Waals surface area (Å²) in [6, 6.07) is 14.1. The molecule has 0 unspecified atom stereocenters. The van der Waals surface area contributed by atoms with Crippen molar-refractivity contribution >= 4 is 23.2 Å². The van der Waals surface area contributed by atoms with Crippen LogP contribution in [0.15, 0.2) is 42.5 Å². The van der Waals surface area contributed by atoms with Crippen molar-refractivity contribution in [1.29, 1.82) is 0 Å². The SMILES string of the molecule is Cc1ccc(Cl)cc1NC(=O)CCN1CCc2ccccc2C1. The molecule has 0 aliphatic carbocycles. The van der Waals surface area contributed by atoms with Gasteiger partial charge in [0.05, 0.1) is 0 Å². The number of benzene rings is 2. The first-order valence-corrected chi connectivity index (χ1v) is 8.35. The predicted octanol–water partition coefficient (Wildman–Crippen LogP) is 4.04. The number of fused-ring (bicyclic) bond motifs is 1. The molecule has 1 amide bonds. The number of carbonyl (C=O) groups is 1. The molecule has 0 bridgehead atoms. The van der Waals surface area contributed by atoms with E-state index in [4.69, 9.17) is 11.6 Å². The number of hydrogen-bond donors (Lipinski definition) is 1. The third-order valence-corrected chi connectivity index (χ3v) is 4.57. The molecule has 3 rings (SSSR count). The quantitative estimate of drug-likeness (QED) is 0.918. The van der Waals surface area contributed by atoms with Crippen LogP contribution in [0.3, 0.4) is 0 Å². The van der Waals surface area contributed by atoms with Crippen molar-refractivity contribution in [3.05, 3.63) is 64.2 Å². The highest BCUT2D eigenvalue weighted by atomic mass is 35.5. The molecule has 2 aromatic carbocycles. The highest BCUT2D eigenvalue weighted by Gasteiger charge is 2.16. The maximum absolute atomic E-state index is 12.2. The Labute approximate surface area is 142 Å². The number of carbonyl (C=O) groups excluding carboxylic acids is 1. The number of anilines is 1. The number of nitrogens with zero attached hydrogens (tertiary/aromatic N) is 1. The maximum Gasteiger partial charge on any atom is 0.225 e. The summed E-state index contributed by atoms with van der Waals surface area (Å²) in [5.74, 6) is 0.0363. The van der Waals surface area contributed by atoms with E-state index in [1.165, 1.54) is 11.1 Å². The van der Waals surface area contributed by atoms with Gasteiger partial charge >= 0.3 is 0 Å². The van der Waals surface area contributed by atoms with Crippen LogP contribution in [0.25, 0.3) is 0 Å². The monoisotopic (exact) mass is 328 g/mol. The van der Waals surface area contributed by atoms with E-state index in [2.05, 4.69) is 34.5 Å². The Morgan fingerprint density at radius 1 is 1.22 bits per heavy atom. The lowest BCUT2D eigenvalue weighted by molar-refractivity contribution is -0.116. The Morgan fingerprint density at radius 3 is 2.83 bits per heavy atom. The van der Waals surface area contributed by atoms with Crippen LogP contribution in [0.2, 0.25) is 5.02 Å². The first kappa shape index (κ1) is 16.0. The Morgan fingerprint density at radius 2 is 2.00 bits per heavy atom. The summed E-state index contributed by atoms with van der Waals surface area (Å²) in [6.45, 7) is 4.69. The standard InChI is InChI=1S/C19H21ClN2O/c1-14-6-7-17(20)12-18(14)21-19(23)9-11-22-10-8-15-4-2-3-5-16(15)13-22/h2-7,12H,8-11,13H2,1H3,(H,21,23). The number of nitrogens with one attached hydrogen (secondary N) is 1. The van der Waals surface area contributed by atoms with Gasteiger partial charge in [-0.05, 0) is 42.2 Å². The van der Waals surface area contributed by atoms with Gasteiger partial charge in [0.1, 0.15) is 0 Å². The summed E-state index contributed by atoms with van der Waals surface area (Å²) in [5, 5.41) is 3.60. The normalized spacial score (nSPS) is 14.3. The van der Waals surface area contributed by atoms with E-state index in [1.54, 1.807) is 6.07 Å². The first-order valence-electron chi connectivity index (χ1n) is 7.97. The smallest absolute Gasteiger partial charge is 0.225 e. The number of aryl methyl sites for hydroxylation is 1. The lowest BCUT2D eigenvalue weighted by Crippen LogP contribution is -2.33. The van der Waals surface area contributed by atoms with Crippen LogP contribution < -0.4 is 5.32 Å². The van der Waals surface area contributed by atoms with E-state index in [0.717, 1.165) is 37.3 Å². The molecule has 3 nitrogen and oxygen atoms in total. The topological polar surface area (TPSA) is 32.3 Å². The largest absolute Gasteiger partial charge is 0.326 e. The minimum atomic E-state index is 0.0363. The molecule has 2 aromatic rings. The zero-order valence-corrected chi connectivity index (χ0v) is 14.1. The van der Waals surface area contributed by atoms with Crippen molar-refractivity contribution < 1.29 is 4.79 Å². The van der Waals surface area contributed by atoms with Gasteiger partial charge in [-0.2, -0.15) is 0 Å². The number of hydrogen-bond acceptors (Lipinski definition) is 2. The summed E-state index contributed by atoms with van der Waals surface area (Å²) in [4.78, 5) is 14.5. The Balaban J connectivity index is 1.53. The zero-order chi connectivity index (χ0) is 16.2. The second-order valence-electron chi connectivity index (χ2n) is 6.05. The molecule has 0 radical (unpaired) electrons. The molecule has 4 heteroatoms. The molecular formula is C19H21ClN2O. The van der Waals surface area contributed by atoms with Crippen LogP contribution in [0.4, 0.5) is 5.69 Å². The summed E-state index contributed by atoms with van der Waals surface area (Å²) in [5.41, 5.74) is 4.63. The molecule has 0 fully saturated rings. The Bertz CT molecular complexity index is 714. The van der Waals surface area contributed by atoms with Crippen molar-refractivity contribution in [3.8, 4) is 0 Å². The second kappa shape index (κ2) is 7.16. The molecule has 1 aliphatic rings. The molecule has 1 N–H and O–H groups in total. The lowest BCUT2D eigenvalue weighted by atomic mass is 10.00. The Hall–Kier alpha value is -1.84. The fourth-order valence-corrected chi connectivity index (χ4v) is 3.12. The van der Waals surface area contributed by atoms with Crippen LogP contribution in [0.5, 0.6) is 0 Å².